The fourth-order valence-corrected chi connectivity index (χ4v) is 2.16. The van der Waals surface area contributed by atoms with Crippen molar-refractivity contribution in [2.45, 2.75) is 17.9 Å². The Hall–Kier alpha value is -1.64. The van der Waals surface area contributed by atoms with Crippen LogP contribution >= 0.6 is 0 Å². The van der Waals surface area contributed by atoms with Gasteiger partial charge in [0.1, 0.15) is 17.4 Å². The summed E-state index contributed by atoms with van der Waals surface area (Å²) in [7, 11) is -3.90. The largest absolute Gasteiger partial charge is 0.493 e. The van der Waals surface area contributed by atoms with Crippen LogP contribution in [0.5, 0.6) is 5.75 Å². The first-order valence-corrected chi connectivity index (χ1v) is 7.55. The average molecular weight is 301 g/mol. The highest BCUT2D eigenvalue weighted by atomic mass is 32.2. The molecule has 1 aliphatic rings. The first-order chi connectivity index (χ1) is 9.41. The van der Waals surface area contributed by atoms with Crippen LogP contribution in [0.25, 0.3) is 0 Å². The molecule has 0 atom stereocenters. The smallest absolute Gasteiger partial charge is 0.342 e. The number of hydrogen-bond donors (Lipinski definition) is 1. The van der Waals surface area contributed by atoms with Crippen LogP contribution in [-0.4, -0.2) is 40.3 Å². The van der Waals surface area contributed by atoms with Gasteiger partial charge >= 0.3 is 5.97 Å². The summed E-state index contributed by atoms with van der Waals surface area (Å²) in [5, 5.41) is 5.05. The van der Waals surface area contributed by atoms with Crippen molar-refractivity contribution in [1.82, 2.24) is 0 Å². The van der Waals surface area contributed by atoms with Gasteiger partial charge in [0.15, 0.2) is 0 Å². The van der Waals surface area contributed by atoms with Gasteiger partial charge in [0.25, 0.3) is 0 Å². The lowest BCUT2D eigenvalue weighted by Gasteiger charge is -2.26. The summed E-state index contributed by atoms with van der Waals surface area (Å²) in [6.45, 7) is 2.76. The van der Waals surface area contributed by atoms with Crippen molar-refractivity contribution < 1.29 is 27.4 Å². The quantitative estimate of drug-likeness (QED) is 0.784. The molecule has 1 heterocycles. The number of benzene rings is 1. The van der Waals surface area contributed by atoms with E-state index >= 15 is 0 Å². The molecule has 1 aliphatic heterocycles. The summed E-state index contributed by atoms with van der Waals surface area (Å²) in [5.41, 5.74) is 0.0327. The molecule has 110 valence electrons. The van der Waals surface area contributed by atoms with Gasteiger partial charge in [-0.3, -0.25) is 0 Å². The fraction of sp³-hybridized carbons (Fsp3) is 0.417. The van der Waals surface area contributed by atoms with Gasteiger partial charge in [-0.05, 0) is 25.1 Å². The molecule has 20 heavy (non-hydrogen) atoms. The van der Waals surface area contributed by atoms with Crippen LogP contribution in [0.2, 0.25) is 0 Å². The molecule has 1 fully saturated rings. The second-order valence-corrected chi connectivity index (χ2v) is 5.76. The third-order valence-electron chi connectivity index (χ3n) is 2.68. The van der Waals surface area contributed by atoms with Crippen molar-refractivity contribution in [2.24, 2.45) is 5.14 Å². The Morgan fingerprint density at radius 1 is 1.45 bits per heavy atom. The van der Waals surface area contributed by atoms with E-state index in [2.05, 4.69) is 0 Å². The van der Waals surface area contributed by atoms with Crippen LogP contribution in [0, 0.1) is 0 Å². The maximum Gasteiger partial charge on any atom is 0.342 e. The predicted octanol–water partition coefficient (Wildman–Crippen LogP) is 0.288. The number of ether oxygens (including phenoxy) is 3. The van der Waals surface area contributed by atoms with Crippen LogP contribution < -0.4 is 9.88 Å². The summed E-state index contributed by atoms with van der Waals surface area (Å²) >= 11 is 0. The minimum Gasteiger partial charge on any atom is -0.493 e. The first kappa shape index (κ1) is 14.8. The highest BCUT2D eigenvalue weighted by Gasteiger charge is 2.26. The monoisotopic (exact) mass is 301 g/mol. The molecule has 2 N–H and O–H groups in total. The molecular formula is C12H15NO6S. The Bertz CT molecular complexity index is 608. The van der Waals surface area contributed by atoms with Crippen LogP contribution in [0.15, 0.2) is 23.1 Å². The molecule has 8 heteroatoms. The van der Waals surface area contributed by atoms with Crippen LogP contribution in [-0.2, 0) is 19.5 Å². The number of hydrogen-bond acceptors (Lipinski definition) is 6. The topological polar surface area (TPSA) is 105 Å². The lowest BCUT2D eigenvalue weighted by Crippen LogP contribution is -2.37. The molecular weight excluding hydrogens is 286 g/mol. The molecule has 0 spiro atoms. The summed E-state index contributed by atoms with van der Waals surface area (Å²) < 4.78 is 38.0. The molecule has 0 aliphatic carbocycles. The van der Waals surface area contributed by atoms with E-state index in [1.54, 1.807) is 6.92 Å². The zero-order chi connectivity index (χ0) is 14.8. The van der Waals surface area contributed by atoms with Crippen LogP contribution in [0.3, 0.4) is 0 Å². The molecule has 0 radical (unpaired) electrons. The maximum atomic E-state index is 12.0. The molecule has 0 bridgehead atoms. The van der Waals surface area contributed by atoms with E-state index in [0.717, 1.165) is 6.07 Å². The van der Waals surface area contributed by atoms with Crippen molar-refractivity contribution in [3.05, 3.63) is 23.8 Å². The molecule has 0 saturated carbocycles. The van der Waals surface area contributed by atoms with E-state index in [1.807, 2.05) is 0 Å². The number of carbonyl (C=O) groups is 1. The molecule has 7 nitrogen and oxygen atoms in total. The van der Waals surface area contributed by atoms with Crippen LogP contribution in [0.4, 0.5) is 0 Å². The first-order valence-electron chi connectivity index (χ1n) is 6.00. The molecule has 0 unspecified atom stereocenters. The molecule has 1 aromatic rings. The van der Waals surface area contributed by atoms with Gasteiger partial charge in [0.2, 0.25) is 10.0 Å². The second kappa shape index (κ2) is 5.78. The molecule has 1 saturated heterocycles. The number of primary sulfonamides is 1. The number of sulfonamides is 1. The Labute approximate surface area is 116 Å². The average Bonchev–Trinajstić information content (AvgIpc) is 2.33. The number of esters is 1. The lowest BCUT2D eigenvalue weighted by atomic mass is 10.2. The van der Waals surface area contributed by atoms with Gasteiger partial charge in [-0.2, -0.15) is 0 Å². The normalized spacial score (nSPS) is 15.5. The van der Waals surface area contributed by atoms with E-state index < -0.39 is 16.0 Å². The van der Waals surface area contributed by atoms with E-state index in [4.69, 9.17) is 19.3 Å². The highest BCUT2D eigenvalue weighted by Crippen LogP contribution is 2.24. The third-order valence-corrected chi connectivity index (χ3v) is 3.59. The van der Waals surface area contributed by atoms with Crippen molar-refractivity contribution >= 4 is 16.0 Å². The third kappa shape index (κ3) is 3.27. The van der Waals surface area contributed by atoms with Crippen molar-refractivity contribution in [2.75, 3.05) is 19.8 Å². The maximum absolute atomic E-state index is 12.0. The van der Waals surface area contributed by atoms with Gasteiger partial charge in [0.05, 0.1) is 24.7 Å². The van der Waals surface area contributed by atoms with E-state index in [9.17, 15) is 13.2 Å². The van der Waals surface area contributed by atoms with E-state index in [1.165, 1.54) is 12.1 Å². The zero-order valence-electron chi connectivity index (χ0n) is 10.9. The van der Waals surface area contributed by atoms with E-state index in [-0.39, 0.29) is 22.3 Å². The Balaban J connectivity index is 2.32. The Kier molecular flexibility index (Phi) is 4.26. The van der Waals surface area contributed by atoms with Gasteiger partial charge in [-0.25, -0.2) is 18.4 Å². The SMILES string of the molecule is CCOc1ccc(S(N)(=O)=O)cc1C(=O)OC1COC1. The summed E-state index contributed by atoms with van der Waals surface area (Å²) in [5.74, 6) is -0.405. The number of rotatable bonds is 5. The van der Waals surface area contributed by atoms with Gasteiger partial charge in [-0.15, -0.1) is 0 Å². The summed E-state index contributed by atoms with van der Waals surface area (Å²) in [6, 6.07) is 3.82. The standard InChI is InChI=1S/C12H15NO6S/c1-2-18-11-4-3-9(20(13,15)16)5-10(11)12(14)19-8-6-17-7-8/h3-5,8H,2,6-7H2,1H3,(H2,13,15,16). The summed E-state index contributed by atoms with van der Waals surface area (Å²) in [4.78, 5) is 11.9. The van der Waals surface area contributed by atoms with Gasteiger partial charge in [0, 0.05) is 0 Å². The van der Waals surface area contributed by atoms with Gasteiger partial charge < -0.3 is 14.2 Å². The number of nitrogens with two attached hydrogens (primary N) is 1. The van der Waals surface area contributed by atoms with Crippen LogP contribution in [0.1, 0.15) is 17.3 Å². The fourth-order valence-electron chi connectivity index (χ4n) is 1.62. The second-order valence-electron chi connectivity index (χ2n) is 4.20. The molecule has 1 aromatic carbocycles. The van der Waals surface area contributed by atoms with Crippen molar-refractivity contribution in [3.63, 3.8) is 0 Å². The molecule has 2 rings (SSSR count). The summed E-state index contributed by atoms with van der Waals surface area (Å²) in [6.07, 6.45) is -0.310. The molecule has 0 amide bonds. The Morgan fingerprint density at radius 3 is 2.65 bits per heavy atom. The minimum absolute atomic E-state index is 0.0327. The molecule has 0 aromatic heterocycles. The highest BCUT2D eigenvalue weighted by molar-refractivity contribution is 7.89. The van der Waals surface area contributed by atoms with E-state index in [0.29, 0.717) is 19.8 Å². The number of carbonyl (C=O) groups excluding carboxylic acids is 1. The van der Waals surface area contributed by atoms with Gasteiger partial charge in [-0.1, -0.05) is 0 Å². The van der Waals surface area contributed by atoms with Crippen molar-refractivity contribution in [3.8, 4) is 5.75 Å². The minimum atomic E-state index is -3.90. The van der Waals surface area contributed by atoms with Crippen molar-refractivity contribution in [1.29, 1.82) is 0 Å². The Morgan fingerprint density at radius 2 is 2.15 bits per heavy atom. The zero-order valence-corrected chi connectivity index (χ0v) is 11.7. The predicted molar refractivity (Wildman–Crippen MR) is 69.0 cm³/mol. The lowest BCUT2D eigenvalue weighted by molar-refractivity contribution is -0.103.